The Morgan fingerprint density at radius 2 is 1.89 bits per heavy atom. The average molecular weight is 406 g/mol. The van der Waals surface area contributed by atoms with Crippen molar-refractivity contribution < 1.29 is 18.0 Å². The maximum atomic E-state index is 13.0. The van der Waals surface area contributed by atoms with Crippen LogP contribution in [0.5, 0.6) is 0 Å². The Balaban J connectivity index is 1.64. The fourth-order valence-corrected chi connectivity index (χ4v) is 5.13. The number of nitrogens with one attached hydrogen (secondary N) is 2. The number of nitrogens with zero attached hydrogens (tertiary/aromatic N) is 1. The summed E-state index contributed by atoms with van der Waals surface area (Å²) in [5.41, 5.74) is 0.457. The van der Waals surface area contributed by atoms with Crippen LogP contribution >= 0.6 is 0 Å². The summed E-state index contributed by atoms with van der Waals surface area (Å²) in [5.74, 6) is 0.163. The van der Waals surface area contributed by atoms with Gasteiger partial charge in [-0.15, -0.1) is 0 Å². The average Bonchev–Trinajstić information content (AvgIpc) is 3.50. The second-order valence-corrected chi connectivity index (χ2v) is 9.47. The van der Waals surface area contributed by atoms with E-state index in [1.54, 1.807) is 12.1 Å². The predicted molar refractivity (Wildman–Crippen MR) is 106 cm³/mol. The van der Waals surface area contributed by atoms with E-state index < -0.39 is 10.0 Å². The van der Waals surface area contributed by atoms with E-state index in [1.165, 1.54) is 22.5 Å². The number of hydrogen-bond donors (Lipinski definition) is 2. The summed E-state index contributed by atoms with van der Waals surface area (Å²) in [6.07, 6.45) is 4.62. The highest BCUT2D eigenvalue weighted by Crippen LogP contribution is 2.28. The summed E-state index contributed by atoms with van der Waals surface area (Å²) in [6.45, 7) is 6.27. The lowest BCUT2D eigenvalue weighted by atomic mass is 10.0. The van der Waals surface area contributed by atoms with Crippen molar-refractivity contribution in [3.63, 3.8) is 0 Å². The number of sulfonamides is 1. The molecule has 8 heteroatoms. The molecule has 1 aliphatic heterocycles. The van der Waals surface area contributed by atoms with Crippen molar-refractivity contribution in [3.8, 4) is 0 Å². The summed E-state index contributed by atoms with van der Waals surface area (Å²) in [6, 6.07) is 5.77. The van der Waals surface area contributed by atoms with E-state index in [-0.39, 0.29) is 28.8 Å². The van der Waals surface area contributed by atoms with Crippen LogP contribution in [0.4, 0.5) is 0 Å². The van der Waals surface area contributed by atoms with Crippen LogP contribution in [0.2, 0.25) is 0 Å². The number of carbonyl (C=O) groups excluding carboxylic acids is 2. The molecule has 0 aromatic heterocycles. The molecule has 0 radical (unpaired) electrons. The van der Waals surface area contributed by atoms with E-state index in [0.717, 1.165) is 12.8 Å². The summed E-state index contributed by atoms with van der Waals surface area (Å²) in [4.78, 5) is 23.8. The van der Waals surface area contributed by atoms with Crippen LogP contribution in [-0.2, 0) is 14.8 Å². The molecule has 7 nitrogen and oxygen atoms in total. The van der Waals surface area contributed by atoms with Gasteiger partial charge in [0, 0.05) is 30.7 Å². The molecule has 1 aromatic carbocycles. The fraction of sp³-hybridized carbons (Fsp3) is 0.500. The first-order valence-electron chi connectivity index (χ1n) is 9.64. The maximum Gasteiger partial charge on any atom is 0.251 e. The van der Waals surface area contributed by atoms with Gasteiger partial charge in [-0.1, -0.05) is 6.58 Å². The van der Waals surface area contributed by atoms with Crippen LogP contribution in [0.15, 0.2) is 41.8 Å². The smallest absolute Gasteiger partial charge is 0.251 e. The van der Waals surface area contributed by atoms with Gasteiger partial charge in [-0.2, -0.15) is 4.31 Å². The molecule has 2 N–H and O–H groups in total. The quantitative estimate of drug-likeness (QED) is 0.675. The van der Waals surface area contributed by atoms with Crippen LogP contribution in [0, 0.1) is 5.92 Å². The van der Waals surface area contributed by atoms with Crippen LogP contribution < -0.4 is 10.6 Å². The van der Waals surface area contributed by atoms with Gasteiger partial charge >= 0.3 is 0 Å². The summed E-state index contributed by atoms with van der Waals surface area (Å²) < 4.78 is 27.5. The normalized spacial score (nSPS) is 23.0. The first-order chi connectivity index (χ1) is 13.3. The van der Waals surface area contributed by atoms with Crippen LogP contribution in [0.3, 0.4) is 0 Å². The molecular formula is C20H27N3O4S. The molecule has 0 spiro atoms. The van der Waals surface area contributed by atoms with Gasteiger partial charge in [0.15, 0.2) is 0 Å². The Morgan fingerprint density at radius 3 is 2.46 bits per heavy atom. The first-order valence-corrected chi connectivity index (χ1v) is 11.1. The highest BCUT2D eigenvalue weighted by atomic mass is 32.2. The highest BCUT2D eigenvalue weighted by molar-refractivity contribution is 7.89. The topological polar surface area (TPSA) is 95.6 Å². The van der Waals surface area contributed by atoms with E-state index in [2.05, 4.69) is 17.2 Å². The maximum absolute atomic E-state index is 13.0. The van der Waals surface area contributed by atoms with Crippen LogP contribution in [0.1, 0.15) is 43.0 Å². The minimum absolute atomic E-state index is 0.0653. The lowest BCUT2D eigenvalue weighted by Gasteiger charge is -2.36. The predicted octanol–water partition coefficient (Wildman–Crippen LogP) is 1.67. The van der Waals surface area contributed by atoms with Gasteiger partial charge in [0.1, 0.15) is 0 Å². The van der Waals surface area contributed by atoms with E-state index in [4.69, 9.17) is 0 Å². The third-order valence-electron chi connectivity index (χ3n) is 5.32. The Labute approximate surface area is 166 Å². The van der Waals surface area contributed by atoms with Crippen LogP contribution in [0.25, 0.3) is 0 Å². The molecule has 2 aliphatic rings. The second-order valence-electron chi connectivity index (χ2n) is 7.58. The lowest BCUT2D eigenvalue weighted by molar-refractivity contribution is -0.117. The van der Waals surface area contributed by atoms with Gasteiger partial charge in [0.2, 0.25) is 15.9 Å². The molecule has 2 amide bonds. The molecule has 0 bridgehead atoms. The molecule has 1 saturated carbocycles. The van der Waals surface area contributed by atoms with Gasteiger partial charge in [-0.25, -0.2) is 8.42 Å². The molecule has 3 rings (SSSR count). The molecule has 1 heterocycles. The Hall–Kier alpha value is -2.19. The second kappa shape index (κ2) is 8.45. The van der Waals surface area contributed by atoms with Crippen molar-refractivity contribution in [1.29, 1.82) is 0 Å². The largest absolute Gasteiger partial charge is 0.352 e. The molecule has 28 heavy (non-hydrogen) atoms. The molecule has 1 saturated heterocycles. The first kappa shape index (κ1) is 20.5. The van der Waals surface area contributed by atoms with Crippen molar-refractivity contribution in [2.45, 2.75) is 49.6 Å². The molecular weight excluding hydrogens is 378 g/mol. The zero-order chi connectivity index (χ0) is 20.3. The van der Waals surface area contributed by atoms with E-state index in [0.29, 0.717) is 37.4 Å². The minimum Gasteiger partial charge on any atom is -0.352 e. The molecule has 152 valence electrons. The molecule has 1 aliphatic carbocycles. The third kappa shape index (κ3) is 4.80. The number of hydrogen-bond acceptors (Lipinski definition) is 4. The van der Waals surface area contributed by atoms with Gasteiger partial charge in [-0.3, -0.25) is 9.59 Å². The van der Waals surface area contributed by atoms with Crippen molar-refractivity contribution in [3.05, 3.63) is 42.5 Å². The molecule has 2 unspecified atom stereocenters. The summed E-state index contributed by atoms with van der Waals surface area (Å²) in [5, 5.41) is 5.71. The highest BCUT2D eigenvalue weighted by Gasteiger charge is 2.34. The van der Waals surface area contributed by atoms with Gasteiger partial charge in [0.25, 0.3) is 5.91 Å². The minimum atomic E-state index is -3.66. The van der Waals surface area contributed by atoms with Crippen molar-refractivity contribution in [1.82, 2.24) is 14.9 Å². The van der Waals surface area contributed by atoms with E-state index >= 15 is 0 Å². The SMILES string of the molecule is C=CC(=O)NC1CCN(S(=O)(=O)c2ccc(C(=O)NCC3CC3)cc2)C(C)C1. The fourth-order valence-electron chi connectivity index (χ4n) is 3.47. The van der Waals surface area contributed by atoms with Crippen molar-refractivity contribution in [2.24, 2.45) is 5.92 Å². The third-order valence-corrected chi connectivity index (χ3v) is 7.35. The van der Waals surface area contributed by atoms with E-state index in [1.807, 2.05) is 6.92 Å². The Bertz CT molecular complexity index is 847. The Kier molecular flexibility index (Phi) is 6.20. The molecule has 2 fully saturated rings. The van der Waals surface area contributed by atoms with Crippen molar-refractivity contribution >= 4 is 21.8 Å². The number of carbonyl (C=O) groups is 2. The summed E-state index contributed by atoms with van der Waals surface area (Å²) in [7, 11) is -3.66. The van der Waals surface area contributed by atoms with Gasteiger partial charge in [-0.05, 0) is 68.9 Å². The zero-order valence-corrected chi connectivity index (χ0v) is 16.9. The number of rotatable bonds is 7. The summed E-state index contributed by atoms with van der Waals surface area (Å²) >= 11 is 0. The Morgan fingerprint density at radius 1 is 1.21 bits per heavy atom. The van der Waals surface area contributed by atoms with Crippen molar-refractivity contribution in [2.75, 3.05) is 13.1 Å². The number of benzene rings is 1. The number of piperidine rings is 1. The van der Waals surface area contributed by atoms with Gasteiger partial charge in [0.05, 0.1) is 4.90 Å². The molecule has 2 atom stereocenters. The number of amides is 2. The van der Waals surface area contributed by atoms with E-state index in [9.17, 15) is 18.0 Å². The lowest BCUT2D eigenvalue weighted by Crippen LogP contribution is -2.50. The standard InChI is InChI=1S/C20H27N3O4S/c1-3-19(24)22-17-10-11-23(14(2)12-17)28(26,27)18-8-6-16(7-9-18)20(25)21-13-15-4-5-15/h3,6-9,14-15,17H,1,4-5,10-13H2,2H3,(H,21,25)(H,22,24). The van der Waals surface area contributed by atoms with Gasteiger partial charge < -0.3 is 10.6 Å². The zero-order valence-electron chi connectivity index (χ0n) is 16.1. The molecule has 1 aromatic rings. The van der Waals surface area contributed by atoms with Crippen LogP contribution in [-0.4, -0.2) is 49.7 Å². The monoisotopic (exact) mass is 405 g/mol.